The van der Waals surface area contributed by atoms with Gasteiger partial charge in [-0.2, -0.15) is 0 Å². The first-order valence-electron chi connectivity index (χ1n) is 5.54. The lowest BCUT2D eigenvalue weighted by Gasteiger charge is -2.10. The number of methoxy groups -OCH3 is 1. The fraction of sp³-hybridized carbons (Fsp3) is 0.200. The van der Waals surface area contributed by atoms with Gasteiger partial charge in [-0.05, 0) is 48.1 Å². The highest BCUT2D eigenvalue weighted by molar-refractivity contribution is 7.98. The molecule has 0 saturated carbocycles. The standard InChI is InChI=1S/C15H16OS/c1-11-14(5-4-6-15(11)16-2)12-7-9-13(17-3)10-8-12/h4-10H,1-3H3. The van der Waals surface area contributed by atoms with Gasteiger partial charge < -0.3 is 4.74 Å². The zero-order valence-corrected chi connectivity index (χ0v) is 11.2. The van der Waals surface area contributed by atoms with Crippen LogP contribution in [0.3, 0.4) is 0 Å². The molecule has 0 bridgehead atoms. The minimum Gasteiger partial charge on any atom is -0.496 e. The molecule has 0 fully saturated rings. The van der Waals surface area contributed by atoms with Crippen LogP contribution in [0, 0.1) is 6.92 Å². The summed E-state index contributed by atoms with van der Waals surface area (Å²) in [4.78, 5) is 1.29. The van der Waals surface area contributed by atoms with Crippen LogP contribution in [0.25, 0.3) is 11.1 Å². The van der Waals surface area contributed by atoms with E-state index in [-0.39, 0.29) is 0 Å². The number of hydrogen-bond donors (Lipinski definition) is 0. The fourth-order valence-electron chi connectivity index (χ4n) is 1.92. The van der Waals surface area contributed by atoms with Crippen molar-refractivity contribution in [1.29, 1.82) is 0 Å². The highest BCUT2D eigenvalue weighted by Gasteiger charge is 2.05. The van der Waals surface area contributed by atoms with Gasteiger partial charge in [-0.1, -0.05) is 24.3 Å². The van der Waals surface area contributed by atoms with Gasteiger partial charge in [0.1, 0.15) is 5.75 Å². The molecule has 0 atom stereocenters. The van der Waals surface area contributed by atoms with E-state index in [4.69, 9.17) is 4.74 Å². The predicted octanol–water partition coefficient (Wildman–Crippen LogP) is 4.39. The zero-order valence-electron chi connectivity index (χ0n) is 10.4. The summed E-state index contributed by atoms with van der Waals surface area (Å²) in [5.41, 5.74) is 3.66. The average molecular weight is 244 g/mol. The van der Waals surface area contributed by atoms with Gasteiger partial charge >= 0.3 is 0 Å². The van der Waals surface area contributed by atoms with Crippen LogP contribution in [0.4, 0.5) is 0 Å². The summed E-state index contributed by atoms with van der Waals surface area (Å²) in [6.45, 7) is 2.09. The monoisotopic (exact) mass is 244 g/mol. The molecular weight excluding hydrogens is 228 g/mol. The molecule has 0 N–H and O–H groups in total. The SMILES string of the molecule is COc1cccc(-c2ccc(SC)cc2)c1C. The Morgan fingerprint density at radius 1 is 1.00 bits per heavy atom. The largest absolute Gasteiger partial charge is 0.496 e. The van der Waals surface area contributed by atoms with E-state index >= 15 is 0 Å². The minimum absolute atomic E-state index is 0.941. The van der Waals surface area contributed by atoms with Crippen molar-refractivity contribution in [3.63, 3.8) is 0 Å². The van der Waals surface area contributed by atoms with Crippen LogP contribution in [0.5, 0.6) is 5.75 Å². The Morgan fingerprint density at radius 2 is 1.71 bits per heavy atom. The van der Waals surface area contributed by atoms with Crippen molar-refractivity contribution in [3.05, 3.63) is 48.0 Å². The van der Waals surface area contributed by atoms with Gasteiger partial charge in [0.05, 0.1) is 7.11 Å². The number of ether oxygens (including phenoxy) is 1. The van der Waals surface area contributed by atoms with Gasteiger partial charge in [-0.25, -0.2) is 0 Å². The maximum atomic E-state index is 5.35. The van der Waals surface area contributed by atoms with E-state index in [2.05, 4.69) is 43.5 Å². The Bertz CT molecular complexity index is 503. The van der Waals surface area contributed by atoms with E-state index in [1.807, 2.05) is 12.1 Å². The van der Waals surface area contributed by atoms with Crippen LogP contribution in [0.1, 0.15) is 5.56 Å². The molecule has 0 aliphatic rings. The van der Waals surface area contributed by atoms with Gasteiger partial charge in [0.2, 0.25) is 0 Å². The topological polar surface area (TPSA) is 9.23 Å². The maximum absolute atomic E-state index is 5.35. The lowest BCUT2D eigenvalue weighted by Crippen LogP contribution is -1.89. The molecule has 0 heterocycles. The molecule has 2 rings (SSSR count). The molecule has 88 valence electrons. The predicted molar refractivity (Wildman–Crippen MR) is 74.9 cm³/mol. The minimum atomic E-state index is 0.941. The van der Waals surface area contributed by atoms with Crippen molar-refractivity contribution in [2.75, 3.05) is 13.4 Å². The normalized spacial score (nSPS) is 10.3. The number of rotatable bonds is 3. The van der Waals surface area contributed by atoms with Gasteiger partial charge in [0.25, 0.3) is 0 Å². The molecule has 2 aromatic carbocycles. The maximum Gasteiger partial charge on any atom is 0.122 e. The van der Waals surface area contributed by atoms with Crippen LogP contribution < -0.4 is 4.74 Å². The van der Waals surface area contributed by atoms with Gasteiger partial charge in [0.15, 0.2) is 0 Å². The van der Waals surface area contributed by atoms with Crippen molar-refractivity contribution in [1.82, 2.24) is 0 Å². The second-order valence-electron chi connectivity index (χ2n) is 3.86. The summed E-state index contributed by atoms with van der Waals surface area (Å²) in [5, 5.41) is 0. The summed E-state index contributed by atoms with van der Waals surface area (Å²) in [5.74, 6) is 0.941. The Labute approximate surface area is 107 Å². The van der Waals surface area contributed by atoms with E-state index < -0.39 is 0 Å². The second kappa shape index (κ2) is 5.28. The highest BCUT2D eigenvalue weighted by Crippen LogP contribution is 2.30. The van der Waals surface area contributed by atoms with E-state index in [1.165, 1.54) is 21.6 Å². The molecule has 0 saturated heterocycles. The van der Waals surface area contributed by atoms with Crippen molar-refractivity contribution >= 4 is 11.8 Å². The van der Waals surface area contributed by atoms with E-state index in [9.17, 15) is 0 Å². The summed E-state index contributed by atoms with van der Waals surface area (Å²) < 4.78 is 5.35. The van der Waals surface area contributed by atoms with Crippen LogP contribution >= 0.6 is 11.8 Å². The van der Waals surface area contributed by atoms with Crippen molar-refractivity contribution < 1.29 is 4.74 Å². The van der Waals surface area contributed by atoms with Gasteiger partial charge in [-0.15, -0.1) is 11.8 Å². The van der Waals surface area contributed by atoms with Crippen molar-refractivity contribution in [3.8, 4) is 16.9 Å². The molecule has 1 nitrogen and oxygen atoms in total. The molecule has 0 unspecified atom stereocenters. The summed E-state index contributed by atoms with van der Waals surface area (Å²) in [6, 6.07) is 14.8. The average Bonchev–Trinajstić information content (AvgIpc) is 2.39. The highest BCUT2D eigenvalue weighted by atomic mass is 32.2. The van der Waals surface area contributed by atoms with Crippen molar-refractivity contribution in [2.45, 2.75) is 11.8 Å². The smallest absolute Gasteiger partial charge is 0.122 e. The molecule has 17 heavy (non-hydrogen) atoms. The van der Waals surface area contributed by atoms with Crippen LogP contribution in [-0.2, 0) is 0 Å². The lowest BCUT2D eigenvalue weighted by molar-refractivity contribution is 0.412. The van der Waals surface area contributed by atoms with E-state index in [0.717, 1.165) is 5.75 Å². The molecule has 0 aliphatic heterocycles. The Kier molecular flexibility index (Phi) is 3.75. The third-order valence-corrected chi connectivity index (χ3v) is 3.65. The third kappa shape index (κ3) is 2.47. The van der Waals surface area contributed by atoms with Crippen LogP contribution in [0.15, 0.2) is 47.4 Å². The third-order valence-electron chi connectivity index (χ3n) is 2.91. The molecular formula is C15H16OS. The summed E-state index contributed by atoms with van der Waals surface area (Å²) in [6.07, 6.45) is 2.09. The Morgan fingerprint density at radius 3 is 2.29 bits per heavy atom. The fourth-order valence-corrected chi connectivity index (χ4v) is 2.33. The molecule has 0 aliphatic carbocycles. The van der Waals surface area contributed by atoms with E-state index in [1.54, 1.807) is 18.9 Å². The molecule has 2 heteroatoms. The molecule has 0 aromatic heterocycles. The molecule has 0 radical (unpaired) electrons. The Balaban J connectivity index is 2.45. The second-order valence-corrected chi connectivity index (χ2v) is 4.74. The van der Waals surface area contributed by atoms with Crippen LogP contribution in [-0.4, -0.2) is 13.4 Å². The molecule has 0 amide bonds. The van der Waals surface area contributed by atoms with Gasteiger partial charge in [-0.3, -0.25) is 0 Å². The van der Waals surface area contributed by atoms with Crippen LogP contribution in [0.2, 0.25) is 0 Å². The first-order chi connectivity index (χ1) is 8.26. The number of benzene rings is 2. The van der Waals surface area contributed by atoms with Crippen molar-refractivity contribution in [2.24, 2.45) is 0 Å². The number of thioether (sulfide) groups is 1. The first-order valence-corrected chi connectivity index (χ1v) is 6.76. The quantitative estimate of drug-likeness (QED) is 0.740. The summed E-state index contributed by atoms with van der Waals surface area (Å²) in [7, 11) is 1.71. The lowest BCUT2D eigenvalue weighted by atomic mass is 10.00. The summed E-state index contributed by atoms with van der Waals surface area (Å²) >= 11 is 1.76. The Hall–Kier alpha value is -1.41. The van der Waals surface area contributed by atoms with Gasteiger partial charge in [0, 0.05) is 4.90 Å². The van der Waals surface area contributed by atoms with E-state index in [0.29, 0.717) is 0 Å². The molecule has 0 spiro atoms. The number of hydrogen-bond acceptors (Lipinski definition) is 2. The first kappa shape index (κ1) is 12.1. The zero-order chi connectivity index (χ0) is 12.3. The molecule has 2 aromatic rings.